The third-order valence-corrected chi connectivity index (χ3v) is 2.30. The van der Waals surface area contributed by atoms with Crippen molar-refractivity contribution in [1.29, 1.82) is 0 Å². The first-order valence-corrected chi connectivity index (χ1v) is 5.13. The number of nitrogen functional groups attached to an aromatic ring is 1. The van der Waals surface area contributed by atoms with E-state index in [0.717, 1.165) is 12.1 Å². The fourth-order valence-corrected chi connectivity index (χ4v) is 1.33. The Morgan fingerprint density at radius 1 is 1.33 bits per heavy atom. The summed E-state index contributed by atoms with van der Waals surface area (Å²) < 4.78 is 26.5. The van der Waals surface area contributed by atoms with E-state index < -0.39 is 40.7 Å². The lowest BCUT2D eigenvalue weighted by atomic mass is 10.1. The third-order valence-electron chi connectivity index (χ3n) is 2.30. The SMILES string of the molecule is CNC(=O)C(C)NC(=O)c1cc(F)cc(N)c1F. The minimum absolute atomic E-state index is 0.451. The average Bonchev–Trinajstić information content (AvgIpc) is 2.32. The van der Waals surface area contributed by atoms with Gasteiger partial charge in [0.1, 0.15) is 11.9 Å². The van der Waals surface area contributed by atoms with Crippen molar-refractivity contribution in [2.45, 2.75) is 13.0 Å². The lowest BCUT2D eigenvalue weighted by Gasteiger charge is -2.13. The van der Waals surface area contributed by atoms with Gasteiger partial charge in [0, 0.05) is 7.05 Å². The molecule has 0 aliphatic heterocycles. The zero-order valence-corrected chi connectivity index (χ0v) is 9.88. The molecule has 0 saturated heterocycles. The minimum atomic E-state index is -1.02. The number of nitrogens with two attached hydrogens (primary N) is 1. The Balaban J connectivity index is 2.95. The van der Waals surface area contributed by atoms with Gasteiger partial charge >= 0.3 is 0 Å². The molecule has 0 fully saturated rings. The molecule has 0 aromatic heterocycles. The number of anilines is 1. The Labute approximate surface area is 102 Å². The second-order valence-corrected chi connectivity index (χ2v) is 3.67. The molecule has 0 bridgehead atoms. The molecular formula is C11H13F2N3O2. The first kappa shape index (κ1) is 13.9. The van der Waals surface area contributed by atoms with Gasteiger partial charge in [-0.25, -0.2) is 8.78 Å². The van der Waals surface area contributed by atoms with Crippen LogP contribution >= 0.6 is 0 Å². The van der Waals surface area contributed by atoms with Gasteiger partial charge in [0.2, 0.25) is 5.91 Å². The summed E-state index contributed by atoms with van der Waals surface area (Å²) in [6, 6.07) is 0.623. The molecule has 0 radical (unpaired) electrons. The number of hydrogen-bond donors (Lipinski definition) is 3. The molecule has 0 aliphatic rings. The van der Waals surface area contributed by atoms with Crippen molar-refractivity contribution in [3.05, 3.63) is 29.3 Å². The molecule has 1 aromatic carbocycles. The van der Waals surface area contributed by atoms with E-state index in [0.29, 0.717) is 0 Å². The van der Waals surface area contributed by atoms with Crippen molar-refractivity contribution in [1.82, 2.24) is 10.6 Å². The highest BCUT2D eigenvalue weighted by molar-refractivity contribution is 5.98. The Bertz CT molecular complexity index is 491. The largest absolute Gasteiger partial charge is 0.396 e. The van der Waals surface area contributed by atoms with Crippen molar-refractivity contribution >= 4 is 17.5 Å². The number of carbonyl (C=O) groups excluding carboxylic acids is 2. The fraction of sp³-hybridized carbons (Fsp3) is 0.273. The van der Waals surface area contributed by atoms with Gasteiger partial charge in [0.15, 0.2) is 5.82 Å². The fourth-order valence-electron chi connectivity index (χ4n) is 1.33. The Kier molecular flexibility index (Phi) is 4.19. The van der Waals surface area contributed by atoms with Crippen LogP contribution in [-0.4, -0.2) is 24.9 Å². The van der Waals surface area contributed by atoms with Gasteiger partial charge in [0.25, 0.3) is 5.91 Å². The molecule has 0 saturated carbocycles. The molecule has 5 nitrogen and oxygen atoms in total. The molecule has 1 unspecified atom stereocenters. The second kappa shape index (κ2) is 5.44. The number of benzene rings is 1. The standard InChI is InChI=1S/C11H13F2N3O2/c1-5(10(17)15-2)16-11(18)7-3-6(12)4-8(14)9(7)13/h3-5H,14H2,1-2H3,(H,15,17)(H,16,18). The first-order chi connectivity index (χ1) is 8.36. The quantitative estimate of drug-likeness (QED) is 0.686. The molecule has 4 N–H and O–H groups in total. The summed E-state index contributed by atoms with van der Waals surface area (Å²) in [7, 11) is 1.39. The molecule has 18 heavy (non-hydrogen) atoms. The normalized spacial score (nSPS) is 11.8. The first-order valence-electron chi connectivity index (χ1n) is 5.13. The van der Waals surface area contributed by atoms with Crippen LogP contribution in [0.25, 0.3) is 0 Å². The summed E-state index contributed by atoms with van der Waals surface area (Å²) in [4.78, 5) is 22.8. The highest BCUT2D eigenvalue weighted by Gasteiger charge is 2.20. The van der Waals surface area contributed by atoms with E-state index in [4.69, 9.17) is 5.73 Å². The predicted molar refractivity (Wildman–Crippen MR) is 61.8 cm³/mol. The highest BCUT2D eigenvalue weighted by Crippen LogP contribution is 2.17. The monoisotopic (exact) mass is 257 g/mol. The maximum atomic E-state index is 13.5. The summed E-state index contributed by atoms with van der Waals surface area (Å²) in [5, 5.41) is 4.54. The molecule has 1 rings (SSSR count). The summed E-state index contributed by atoms with van der Waals surface area (Å²) in [6.07, 6.45) is 0. The molecule has 98 valence electrons. The molecule has 7 heteroatoms. The minimum Gasteiger partial charge on any atom is -0.396 e. The van der Waals surface area contributed by atoms with E-state index >= 15 is 0 Å². The predicted octanol–water partition coefficient (Wildman–Crippen LogP) is 0.411. The van der Waals surface area contributed by atoms with Gasteiger partial charge in [0.05, 0.1) is 11.3 Å². The Hall–Kier alpha value is -2.18. The number of hydrogen-bond acceptors (Lipinski definition) is 3. The van der Waals surface area contributed by atoms with Crippen molar-refractivity contribution in [3.63, 3.8) is 0 Å². The number of halogens is 2. The molecular weight excluding hydrogens is 244 g/mol. The number of rotatable bonds is 3. The van der Waals surface area contributed by atoms with Gasteiger partial charge in [-0.05, 0) is 19.1 Å². The summed E-state index contributed by atoms with van der Waals surface area (Å²) in [6.45, 7) is 1.41. The van der Waals surface area contributed by atoms with Crippen LogP contribution in [0.4, 0.5) is 14.5 Å². The van der Waals surface area contributed by atoms with E-state index in [1.54, 1.807) is 0 Å². The van der Waals surface area contributed by atoms with E-state index in [-0.39, 0.29) is 0 Å². The smallest absolute Gasteiger partial charge is 0.255 e. The van der Waals surface area contributed by atoms with Crippen LogP contribution < -0.4 is 16.4 Å². The van der Waals surface area contributed by atoms with E-state index in [2.05, 4.69) is 10.6 Å². The lowest BCUT2D eigenvalue weighted by molar-refractivity contribution is -0.122. The number of likely N-dealkylation sites (N-methyl/N-ethyl adjacent to an activating group) is 1. The van der Waals surface area contributed by atoms with Crippen LogP contribution in [0, 0.1) is 11.6 Å². The van der Waals surface area contributed by atoms with Crippen LogP contribution in [0.15, 0.2) is 12.1 Å². The zero-order valence-electron chi connectivity index (χ0n) is 9.88. The maximum absolute atomic E-state index is 13.5. The van der Waals surface area contributed by atoms with Crippen molar-refractivity contribution in [2.75, 3.05) is 12.8 Å². The van der Waals surface area contributed by atoms with Gasteiger partial charge in [-0.15, -0.1) is 0 Å². The van der Waals surface area contributed by atoms with Crippen LogP contribution in [0.2, 0.25) is 0 Å². The highest BCUT2D eigenvalue weighted by atomic mass is 19.1. The molecule has 0 spiro atoms. The second-order valence-electron chi connectivity index (χ2n) is 3.67. The van der Waals surface area contributed by atoms with Gasteiger partial charge in [-0.1, -0.05) is 0 Å². The summed E-state index contributed by atoms with van der Waals surface area (Å²) >= 11 is 0. The van der Waals surface area contributed by atoms with Crippen molar-refractivity contribution in [2.24, 2.45) is 0 Å². The molecule has 1 aromatic rings. The van der Waals surface area contributed by atoms with Crippen LogP contribution in [0.1, 0.15) is 17.3 Å². The van der Waals surface area contributed by atoms with E-state index in [1.807, 2.05) is 0 Å². The topological polar surface area (TPSA) is 84.2 Å². The van der Waals surface area contributed by atoms with Crippen LogP contribution in [-0.2, 0) is 4.79 Å². The Morgan fingerprint density at radius 3 is 2.50 bits per heavy atom. The number of nitrogens with one attached hydrogen (secondary N) is 2. The molecule has 2 amide bonds. The molecule has 1 atom stereocenters. The summed E-state index contributed by atoms with van der Waals surface area (Å²) in [5.41, 5.74) is 4.20. The molecule has 0 heterocycles. The maximum Gasteiger partial charge on any atom is 0.255 e. The van der Waals surface area contributed by atoms with Crippen LogP contribution in [0.3, 0.4) is 0 Å². The number of amides is 2. The van der Waals surface area contributed by atoms with Gasteiger partial charge in [-0.2, -0.15) is 0 Å². The lowest BCUT2D eigenvalue weighted by Crippen LogP contribution is -2.43. The van der Waals surface area contributed by atoms with Gasteiger partial charge < -0.3 is 16.4 Å². The third kappa shape index (κ3) is 2.93. The summed E-state index contributed by atoms with van der Waals surface area (Å²) in [5.74, 6) is -3.20. The van der Waals surface area contributed by atoms with Crippen molar-refractivity contribution < 1.29 is 18.4 Å². The van der Waals surface area contributed by atoms with Gasteiger partial charge in [-0.3, -0.25) is 9.59 Å². The van der Waals surface area contributed by atoms with E-state index in [9.17, 15) is 18.4 Å². The Morgan fingerprint density at radius 2 is 1.94 bits per heavy atom. The number of carbonyl (C=O) groups is 2. The van der Waals surface area contributed by atoms with Crippen LogP contribution in [0.5, 0.6) is 0 Å². The average molecular weight is 257 g/mol. The molecule has 0 aliphatic carbocycles. The zero-order chi connectivity index (χ0) is 13.9. The van der Waals surface area contributed by atoms with Crippen molar-refractivity contribution in [3.8, 4) is 0 Å². The van der Waals surface area contributed by atoms with E-state index in [1.165, 1.54) is 14.0 Å².